The Labute approximate surface area is 221 Å². The number of benzene rings is 3. The minimum absolute atomic E-state index is 0.0811. The van der Waals surface area contributed by atoms with Gasteiger partial charge in [0.05, 0.1) is 17.5 Å². The molecule has 1 aromatic heterocycles. The van der Waals surface area contributed by atoms with E-state index >= 15 is 0 Å². The number of nitrogens with zero attached hydrogens (tertiary/aromatic N) is 1. The Morgan fingerprint density at radius 2 is 1.53 bits per heavy atom. The van der Waals surface area contributed by atoms with Crippen LogP contribution < -0.4 is 19.8 Å². The molecule has 4 aromatic rings. The molecule has 0 radical (unpaired) electrons. The van der Waals surface area contributed by atoms with Crippen LogP contribution in [0, 0.1) is 20.8 Å². The van der Waals surface area contributed by atoms with Crippen LogP contribution in [-0.4, -0.2) is 38.0 Å². The van der Waals surface area contributed by atoms with Crippen LogP contribution in [0.2, 0.25) is 0 Å². The van der Waals surface area contributed by atoms with E-state index in [1.54, 1.807) is 51.3 Å². The predicted octanol–water partition coefficient (Wildman–Crippen LogP) is 4.62. The molecule has 38 heavy (non-hydrogen) atoms. The largest absolute Gasteiger partial charge is 0.497 e. The first kappa shape index (κ1) is 25.8. The molecule has 1 aliphatic heterocycles. The second kappa shape index (κ2) is 10.2. The smallest absolute Gasteiger partial charge is 0.252 e. The molecule has 0 unspecified atom stereocenters. The predicted molar refractivity (Wildman–Crippen MR) is 146 cm³/mol. The van der Waals surface area contributed by atoms with Gasteiger partial charge < -0.3 is 19.2 Å². The van der Waals surface area contributed by atoms with Crippen LogP contribution in [0.3, 0.4) is 0 Å². The molecule has 1 N–H and O–H groups in total. The molecule has 1 aliphatic rings. The quantitative estimate of drug-likeness (QED) is 0.372. The van der Waals surface area contributed by atoms with E-state index in [4.69, 9.17) is 14.2 Å². The van der Waals surface area contributed by atoms with Crippen molar-refractivity contribution in [2.45, 2.75) is 38.8 Å². The maximum Gasteiger partial charge on any atom is 0.252 e. The number of aryl methyl sites for hydroxylation is 3. The van der Waals surface area contributed by atoms with Crippen LogP contribution in [0.5, 0.6) is 17.2 Å². The minimum atomic E-state index is -3.97. The van der Waals surface area contributed by atoms with E-state index in [1.807, 2.05) is 31.2 Å². The van der Waals surface area contributed by atoms with Crippen LogP contribution in [0.15, 0.2) is 64.3 Å². The Balaban J connectivity index is 1.59. The molecule has 2 heterocycles. The molecule has 0 saturated heterocycles. The summed E-state index contributed by atoms with van der Waals surface area (Å²) in [5.74, 6) is 1.84. The lowest BCUT2D eigenvalue weighted by atomic mass is 10.1. The Bertz CT molecular complexity index is 1650. The molecule has 3 aromatic carbocycles. The third-order valence-electron chi connectivity index (χ3n) is 6.65. The first-order valence-corrected chi connectivity index (χ1v) is 13.8. The van der Waals surface area contributed by atoms with Gasteiger partial charge in [-0.1, -0.05) is 29.8 Å². The average molecular weight is 535 g/mol. The topological polar surface area (TPSA) is 97.9 Å². The van der Waals surface area contributed by atoms with Crippen molar-refractivity contribution >= 4 is 20.9 Å². The standard InChI is InChI=1S/C29H30N2O6S/c1-18-11-19(2)28(20(3)12-18)38(33,34)31(16-21-5-7-24(35-4)8-6-21)17-23-13-22-14-26-27(37-10-9-36-26)15-25(22)30-29(23)32/h5-8,11-15H,9-10,16-17H2,1-4H3,(H,30,32). The van der Waals surface area contributed by atoms with Gasteiger partial charge in [0.1, 0.15) is 19.0 Å². The number of ether oxygens (including phenoxy) is 3. The number of nitrogens with one attached hydrogen (secondary N) is 1. The van der Waals surface area contributed by atoms with Crippen molar-refractivity contribution < 1.29 is 22.6 Å². The number of methoxy groups -OCH3 is 1. The summed E-state index contributed by atoms with van der Waals surface area (Å²) >= 11 is 0. The van der Waals surface area contributed by atoms with Gasteiger partial charge >= 0.3 is 0 Å². The fourth-order valence-electron chi connectivity index (χ4n) is 4.96. The summed E-state index contributed by atoms with van der Waals surface area (Å²) in [5.41, 5.74) is 3.65. The molecule has 0 bridgehead atoms. The molecule has 198 valence electrons. The van der Waals surface area contributed by atoms with Gasteiger partial charge in [0, 0.05) is 30.1 Å². The molecule has 0 amide bonds. The maximum atomic E-state index is 14.1. The second-order valence-corrected chi connectivity index (χ2v) is 11.4. The SMILES string of the molecule is COc1ccc(CN(Cc2cc3cc4c(cc3[nH]c2=O)OCCO4)S(=O)(=O)c2c(C)cc(C)cc2C)cc1. The lowest BCUT2D eigenvalue weighted by Crippen LogP contribution is -2.33. The Morgan fingerprint density at radius 1 is 0.895 bits per heavy atom. The van der Waals surface area contributed by atoms with E-state index in [0.717, 1.165) is 16.5 Å². The highest BCUT2D eigenvalue weighted by atomic mass is 32.2. The second-order valence-electron chi connectivity index (χ2n) is 9.56. The minimum Gasteiger partial charge on any atom is -0.497 e. The molecule has 0 spiro atoms. The van der Waals surface area contributed by atoms with E-state index in [1.165, 1.54) is 4.31 Å². The summed E-state index contributed by atoms with van der Waals surface area (Å²) in [7, 11) is -2.39. The molecule has 5 rings (SSSR count). The van der Waals surface area contributed by atoms with E-state index < -0.39 is 10.0 Å². The average Bonchev–Trinajstić information content (AvgIpc) is 2.87. The molecular weight excluding hydrogens is 504 g/mol. The zero-order valence-electron chi connectivity index (χ0n) is 21.8. The number of aromatic nitrogens is 1. The van der Waals surface area contributed by atoms with Crippen molar-refractivity contribution in [3.8, 4) is 17.2 Å². The van der Waals surface area contributed by atoms with Crippen molar-refractivity contribution in [2.24, 2.45) is 0 Å². The molecule has 9 heteroatoms. The Kier molecular flexibility index (Phi) is 6.90. The Hall–Kier alpha value is -3.82. The van der Waals surface area contributed by atoms with Crippen molar-refractivity contribution in [3.05, 3.63) is 92.8 Å². The number of fused-ring (bicyclic) bond motifs is 2. The monoisotopic (exact) mass is 534 g/mol. The van der Waals surface area contributed by atoms with Crippen LogP contribution in [0.1, 0.15) is 27.8 Å². The van der Waals surface area contributed by atoms with Gasteiger partial charge in [-0.15, -0.1) is 0 Å². The summed E-state index contributed by atoms with van der Waals surface area (Å²) in [6.07, 6.45) is 0. The van der Waals surface area contributed by atoms with E-state index in [2.05, 4.69) is 4.98 Å². The molecule has 8 nitrogen and oxygen atoms in total. The Morgan fingerprint density at radius 3 is 2.16 bits per heavy atom. The summed E-state index contributed by atoms with van der Waals surface area (Å²) in [4.78, 5) is 16.3. The normalized spacial score (nSPS) is 13.2. The van der Waals surface area contributed by atoms with Crippen molar-refractivity contribution in [3.63, 3.8) is 0 Å². The number of pyridine rings is 1. The van der Waals surface area contributed by atoms with Crippen molar-refractivity contribution in [2.75, 3.05) is 20.3 Å². The first-order chi connectivity index (χ1) is 18.2. The number of sulfonamides is 1. The molecular formula is C29H30N2O6S. The number of rotatable bonds is 7. The van der Waals surface area contributed by atoms with Crippen LogP contribution in [0.4, 0.5) is 0 Å². The van der Waals surface area contributed by atoms with Gasteiger partial charge in [-0.25, -0.2) is 8.42 Å². The number of hydrogen-bond acceptors (Lipinski definition) is 6. The van der Waals surface area contributed by atoms with Gasteiger partial charge in [0.15, 0.2) is 11.5 Å². The number of H-pyrrole nitrogens is 1. The van der Waals surface area contributed by atoms with Crippen LogP contribution in [0.25, 0.3) is 10.9 Å². The molecule has 0 fully saturated rings. The molecule has 0 saturated carbocycles. The van der Waals surface area contributed by atoms with Crippen LogP contribution in [-0.2, 0) is 23.1 Å². The van der Waals surface area contributed by atoms with Gasteiger partial charge in [-0.05, 0) is 61.7 Å². The zero-order valence-corrected chi connectivity index (χ0v) is 22.6. The summed E-state index contributed by atoms with van der Waals surface area (Å²) in [6, 6.07) is 16.2. The third-order valence-corrected chi connectivity index (χ3v) is 8.75. The zero-order chi connectivity index (χ0) is 27.0. The third kappa shape index (κ3) is 4.99. The van der Waals surface area contributed by atoms with E-state index in [-0.39, 0.29) is 23.5 Å². The van der Waals surface area contributed by atoms with Gasteiger partial charge in [0.2, 0.25) is 10.0 Å². The highest BCUT2D eigenvalue weighted by Gasteiger charge is 2.29. The summed E-state index contributed by atoms with van der Waals surface area (Å²) in [6.45, 7) is 6.39. The maximum absolute atomic E-state index is 14.1. The van der Waals surface area contributed by atoms with Crippen molar-refractivity contribution in [1.82, 2.24) is 9.29 Å². The van der Waals surface area contributed by atoms with E-state index in [9.17, 15) is 13.2 Å². The van der Waals surface area contributed by atoms with Gasteiger partial charge in [-0.3, -0.25) is 4.79 Å². The fraction of sp³-hybridized carbons (Fsp3) is 0.276. The first-order valence-electron chi connectivity index (χ1n) is 12.3. The summed E-state index contributed by atoms with van der Waals surface area (Å²) in [5, 5.41) is 0.730. The summed E-state index contributed by atoms with van der Waals surface area (Å²) < 4.78 is 46.2. The van der Waals surface area contributed by atoms with Crippen LogP contribution >= 0.6 is 0 Å². The number of aromatic amines is 1. The molecule has 0 atom stereocenters. The van der Waals surface area contributed by atoms with E-state index in [0.29, 0.717) is 52.7 Å². The van der Waals surface area contributed by atoms with Gasteiger partial charge in [-0.2, -0.15) is 4.31 Å². The van der Waals surface area contributed by atoms with Crippen molar-refractivity contribution in [1.29, 1.82) is 0 Å². The molecule has 0 aliphatic carbocycles. The lowest BCUT2D eigenvalue weighted by Gasteiger charge is -2.25. The number of hydrogen-bond donors (Lipinski definition) is 1. The fourth-order valence-corrected chi connectivity index (χ4v) is 6.78. The highest BCUT2D eigenvalue weighted by molar-refractivity contribution is 7.89. The highest BCUT2D eigenvalue weighted by Crippen LogP contribution is 2.34. The lowest BCUT2D eigenvalue weighted by molar-refractivity contribution is 0.172. The van der Waals surface area contributed by atoms with Gasteiger partial charge in [0.25, 0.3) is 5.56 Å².